The predicted molar refractivity (Wildman–Crippen MR) is 75.8 cm³/mol. The fraction of sp³-hybridized carbons (Fsp3) is 0.462. The number of benzene rings is 1. The second kappa shape index (κ2) is 7.21. The van der Waals surface area contributed by atoms with E-state index in [4.69, 9.17) is 4.74 Å². The highest BCUT2D eigenvalue weighted by Crippen LogP contribution is 2.37. The lowest BCUT2D eigenvalue weighted by Gasteiger charge is -2.22. The number of β-amino-alcohol motifs (C(OH)–C–C–N with tert-alkyl or cyclic N) is 1. The highest BCUT2D eigenvalue weighted by molar-refractivity contribution is 8.00. The average Bonchev–Trinajstić information content (AvgIpc) is 2.62. The summed E-state index contributed by atoms with van der Waals surface area (Å²) in [6.45, 7) is 0.874. The Labute approximate surface area is 129 Å². The third-order valence-corrected chi connectivity index (χ3v) is 3.57. The van der Waals surface area contributed by atoms with Crippen molar-refractivity contribution in [2.75, 3.05) is 31.6 Å². The summed E-state index contributed by atoms with van der Waals surface area (Å²) in [7, 11) is 0. The zero-order chi connectivity index (χ0) is 16.2. The summed E-state index contributed by atoms with van der Waals surface area (Å²) >= 11 is -0.244. The lowest BCUT2D eigenvalue weighted by molar-refractivity contribution is -0.0328. The van der Waals surface area contributed by atoms with Gasteiger partial charge < -0.3 is 20.1 Å². The Kier molecular flexibility index (Phi) is 5.54. The minimum absolute atomic E-state index is 0.00969. The second-order valence-electron chi connectivity index (χ2n) is 4.68. The predicted octanol–water partition coefficient (Wildman–Crippen LogP) is 2.52. The molecule has 2 amide bonds. The van der Waals surface area contributed by atoms with Crippen molar-refractivity contribution in [3.05, 3.63) is 24.3 Å². The molecule has 0 spiro atoms. The van der Waals surface area contributed by atoms with E-state index in [1.165, 1.54) is 29.2 Å². The van der Waals surface area contributed by atoms with Crippen LogP contribution in [-0.4, -0.2) is 54.0 Å². The van der Waals surface area contributed by atoms with E-state index in [1.807, 2.05) is 0 Å². The number of amides is 2. The van der Waals surface area contributed by atoms with Crippen LogP contribution in [0.15, 0.2) is 29.2 Å². The Bertz CT molecular complexity index is 527. The van der Waals surface area contributed by atoms with Gasteiger partial charge in [-0.2, -0.15) is 13.2 Å². The normalized spacial score (nSPS) is 19.6. The molecule has 1 aliphatic rings. The Morgan fingerprint density at radius 3 is 2.95 bits per heavy atom. The minimum atomic E-state index is -4.38. The van der Waals surface area contributed by atoms with Crippen molar-refractivity contribution in [2.24, 2.45) is 0 Å². The van der Waals surface area contributed by atoms with Crippen molar-refractivity contribution in [3.63, 3.8) is 0 Å². The molecule has 0 bridgehead atoms. The number of urea groups is 1. The molecule has 0 saturated carbocycles. The van der Waals surface area contributed by atoms with Crippen LogP contribution in [-0.2, 0) is 4.74 Å². The van der Waals surface area contributed by atoms with Crippen LogP contribution in [0.25, 0.3) is 0 Å². The molecule has 1 aliphatic heterocycles. The maximum atomic E-state index is 12.3. The first-order valence-corrected chi connectivity index (χ1v) is 7.33. The molecule has 1 atom stereocenters. The van der Waals surface area contributed by atoms with E-state index < -0.39 is 17.6 Å². The Morgan fingerprint density at radius 2 is 2.23 bits per heavy atom. The lowest BCUT2D eigenvalue weighted by atomic mass is 10.3. The number of rotatable bonds is 2. The molecule has 0 unspecified atom stereocenters. The Morgan fingerprint density at radius 1 is 1.45 bits per heavy atom. The van der Waals surface area contributed by atoms with Crippen molar-refractivity contribution in [2.45, 2.75) is 16.5 Å². The Balaban J connectivity index is 2.00. The smallest absolute Gasteiger partial charge is 0.389 e. The van der Waals surface area contributed by atoms with Gasteiger partial charge in [0.15, 0.2) is 0 Å². The molecule has 5 nitrogen and oxygen atoms in total. The van der Waals surface area contributed by atoms with E-state index in [-0.39, 0.29) is 35.5 Å². The van der Waals surface area contributed by atoms with Crippen LogP contribution >= 0.6 is 11.8 Å². The number of nitrogens with one attached hydrogen (secondary N) is 1. The van der Waals surface area contributed by atoms with Gasteiger partial charge in [-0.25, -0.2) is 4.79 Å². The van der Waals surface area contributed by atoms with Gasteiger partial charge in [-0.1, -0.05) is 6.07 Å². The number of anilines is 1. The average molecular weight is 336 g/mol. The van der Waals surface area contributed by atoms with Gasteiger partial charge in [0.25, 0.3) is 0 Å². The molecular weight excluding hydrogens is 321 g/mol. The summed E-state index contributed by atoms with van der Waals surface area (Å²) in [5.41, 5.74) is -4.12. The summed E-state index contributed by atoms with van der Waals surface area (Å²) in [6, 6.07) is 5.02. The van der Waals surface area contributed by atoms with Gasteiger partial charge >= 0.3 is 11.5 Å². The van der Waals surface area contributed by atoms with Crippen LogP contribution in [0, 0.1) is 0 Å². The fourth-order valence-corrected chi connectivity index (χ4v) is 2.55. The molecule has 1 heterocycles. The molecule has 1 aromatic rings. The van der Waals surface area contributed by atoms with Crippen molar-refractivity contribution < 1.29 is 27.8 Å². The molecule has 1 aromatic carbocycles. The van der Waals surface area contributed by atoms with Gasteiger partial charge in [0, 0.05) is 17.1 Å². The van der Waals surface area contributed by atoms with Gasteiger partial charge in [0.1, 0.15) is 0 Å². The third kappa shape index (κ3) is 5.39. The molecule has 2 rings (SSSR count). The van der Waals surface area contributed by atoms with Gasteiger partial charge in [-0.05, 0) is 30.0 Å². The number of alkyl halides is 3. The molecule has 0 aliphatic carbocycles. The number of carbonyl (C=O) groups excluding carboxylic acids is 1. The van der Waals surface area contributed by atoms with E-state index >= 15 is 0 Å². The molecule has 1 saturated heterocycles. The van der Waals surface area contributed by atoms with Crippen LogP contribution in [0.1, 0.15) is 0 Å². The number of nitrogens with zero attached hydrogens (tertiary/aromatic N) is 1. The van der Waals surface area contributed by atoms with Gasteiger partial charge in [-0.15, -0.1) is 0 Å². The monoisotopic (exact) mass is 336 g/mol. The highest BCUT2D eigenvalue weighted by atomic mass is 32.2. The molecule has 22 heavy (non-hydrogen) atoms. The lowest BCUT2D eigenvalue weighted by Crippen LogP contribution is -2.40. The fourth-order valence-electron chi connectivity index (χ4n) is 1.95. The van der Waals surface area contributed by atoms with E-state index in [9.17, 15) is 23.1 Å². The van der Waals surface area contributed by atoms with Gasteiger partial charge in [0.05, 0.1) is 25.9 Å². The van der Waals surface area contributed by atoms with Crippen LogP contribution in [0.3, 0.4) is 0 Å². The number of thioether (sulfide) groups is 1. The van der Waals surface area contributed by atoms with Crippen molar-refractivity contribution in [1.82, 2.24) is 4.90 Å². The number of hydrogen-bond donors (Lipinski definition) is 2. The molecular formula is C13H15F3N2O3S. The summed E-state index contributed by atoms with van der Waals surface area (Å²) in [5.74, 6) is 0. The number of halogens is 3. The molecule has 0 aromatic heterocycles. The van der Waals surface area contributed by atoms with Gasteiger partial charge in [0.2, 0.25) is 0 Å². The number of hydrogen-bond acceptors (Lipinski definition) is 4. The number of carbonyl (C=O) groups is 1. The number of aliphatic hydroxyl groups excluding tert-OH is 1. The Hall–Kier alpha value is -1.45. The number of ether oxygens (including phenoxy) is 1. The SMILES string of the molecule is O=C(Nc1cccc(SC(F)(F)F)c1)N1CCOC[C@H](O)C1. The van der Waals surface area contributed by atoms with Gasteiger partial charge in [-0.3, -0.25) is 0 Å². The first kappa shape index (κ1) is 16.9. The standard InChI is InChI=1S/C13H15F3N2O3S/c14-13(15,16)22-11-3-1-2-9(6-11)17-12(20)18-4-5-21-8-10(19)7-18/h1-3,6,10,19H,4-5,7-8H2,(H,17,20)/t10-/m1/s1. The quantitative estimate of drug-likeness (QED) is 0.815. The van der Waals surface area contributed by atoms with E-state index in [2.05, 4.69) is 5.32 Å². The van der Waals surface area contributed by atoms with Crippen LogP contribution in [0.2, 0.25) is 0 Å². The first-order chi connectivity index (χ1) is 10.3. The molecule has 1 fully saturated rings. The minimum Gasteiger partial charge on any atom is -0.389 e. The number of aliphatic hydroxyl groups is 1. The third-order valence-electron chi connectivity index (χ3n) is 2.85. The van der Waals surface area contributed by atoms with Crippen LogP contribution in [0.5, 0.6) is 0 Å². The summed E-state index contributed by atoms with van der Waals surface area (Å²) in [5, 5.41) is 12.1. The zero-order valence-corrected chi connectivity index (χ0v) is 12.3. The van der Waals surface area contributed by atoms with Crippen molar-refractivity contribution >= 4 is 23.5 Å². The summed E-state index contributed by atoms with van der Waals surface area (Å²) in [4.78, 5) is 13.4. The molecule has 9 heteroatoms. The zero-order valence-electron chi connectivity index (χ0n) is 11.5. The summed E-state index contributed by atoms with van der Waals surface area (Å²) in [6.07, 6.45) is -0.777. The molecule has 122 valence electrons. The summed E-state index contributed by atoms with van der Waals surface area (Å²) < 4.78 is 42.1. The maximum Gasteiger partial charge on any atom is 0.446 e. The van der Waals surface area contributed by atoms with Crippen molar-refractivity contribution in [1.29, 1.82) is 0 Å². The van der Waals surface area contributed by atoms with E-state index in [0.717, 1.165) is 0 Å². The second-order valence-corrected chi connectivity index (χ2v) is 5.82. The topological polar surface area (TPSA) is 61.8 Å². The first-order valence-electron chi connectivity index (χ1n) is 6.51. The van der Waals surface area contributed by atoms with E-state index in [0.29, 0.717) is 13.2 Å². The van der Waals surface area contributed by atoms with E-state index in [1.54, 1.807) is 0 Å². The highest BCUT2D eigenvalue weighted by Gasteiger charge is 2.29. The van der Waals surface area contributed by atoms with Crippen LogP contribution < -0.4 is 5.32 Å². The largest absolute Gasteiger partial charge is 0.446 e. The molecule has 0 radical (unpaired) electrons. The maximum absolute atomic E-state index is 12.3. The van der Waals surface area contributed by atoms with Crippen molar-refractivity contribution in [3.8, 4) is 0 Å². The molecule has 2 N–H and O–H groups in total. The van der Waals surface area contributed by atoms with Crippen LogP contribution in [0.4, 0.5) is 23.7 Å².